The molecule has 6 nitrogen and oxygen atoms in total. The van der Waals surface area contributed by atoms with Gasteiger partial charge in [0, 0.05) is 24.4 Å². The first-order chi connectivity index (χ1) is 9.52. The molecule has 0 aromatic heterocycles. The molecule has 1 aliphatic rings. The summed E-state index contributed by atoms with van der Waals surface area (Å²) in [5.74, 6) is 0.476. The molecule has 0 aliphatic heterocycles. The van der Waals surface area contributed by atoms with Crippen molar-refractivity contribution in [2.24, 2.45) is 0 Å². The zero-order chi connectivity index (χ0) is 14.6. The zero-order valence-electron chi connectivity index (χ0n) is 11.6. The van der Waals surface area contributed by atoms with Gasteiger partial charge in [-0.05, 0) is 25.7 Å². The van der Waals surface area contributed by atoms with Gasteiger partial charge in [-0.1, -0.05) is 6.92 Å². The number of non-ortho nitro benzene ring substituents is 1. The highest BCUT2D eigenvalue weighted by Crippen LogP contribution is 2.32. The van der Waals surface area contributed by atoms with E-state index >= 15 is 0 Å². The van der Waals surface area contributed by atoms with Crippen LogP contribution in [0.3, 0.4) is 0 Å². The van der Waals surface area contributed by atoms with Crippen molar-refractivity contribution in [1.29, 1.82) is 0 Å². The molecule has 0 saturated heterocycles. The third kappa shape index (κ3) is 3.60. The maximum absolute atomic E-state index is 10.9. The minimum atomic E-state index is -0.672. The van der Waals surface area contributed by atoms with Crippen LogP contribution < -0.4 is 10.1 Å². The van der Waals surface area contributed by atoms with Crippen LogP contribution in [0.4, 0.5) is 11.4 Å². The molecule has 2 rings (SSSR count). The first kappa shape index (κ1) is 14.6. The molecule has 1 aliphatic carbocycles. The number of nitro groups is 1. The van der Waals surface area contributed by atoms with Crippen LogP contribution in [0.5, 0.6) is 5.75 Å². The molecule has 0 unspecified atom stereocenters. The minimum absolute atomic E-state index is 0.0123. The number of nitrogens with one attached hydrogen (secondary N) is 1. The summed E-state index contributed by atoms with van der Waals surface area (Å²) in [4.78, 5) is 10.5. The fourth-order valence-corrected chi connectivity index (χ4v) is 2.12. The standard InChI is InChI=1S/C14H20N2O4/c1-2-6-20-13-8-11(7-12(9-13)16(18)19)15-10-14(17)4-3-5-14/h7-9,15,17H,2-6,10H2,1H3. The van der Waals surface area contributed by atoms with Gasteiger partial charge in [-0.3, -0.25) is 10.1 Å². The molecular formula is C14H20N2O4. The smallest absolute Gasteiger partial charge is 0.275 e. The van der Waals surface area contributed by atoms with Gasteiger partial charge >= 0.3 is 0 Å². The van der Waals surface area contributed by atoms with Crippen molar-refractivity contribution in [3.63, 3.8) is 0 Å². The number of hydrogen-bond donors (Lipinski definition) is 2. The summed E-state index contributed by atoms with van der Waals surface area (Å²) >= 11 is 0. The lowest BCUT2D eigenvalue weighted by Gasteiger charge is -2.36. The lowest BCUT2D eigenvalue weighted by molar-refractivity contribution is -0.384. The molecule has 2 N–H and O–H groups in total. The van der Waals surface area contributed by atoms with Crippen LogP contribution in [-0.2, 0) is 0 Å². The third-order valence-electron chi connectivity index (χ3n) is 3.48. The summed E-state index contributed by atoms with van der Waals surface area (Å²) in [7, 11) is 0. The Morgan fingerprint density at radius 2 is 2.20 bits per heavy atom. The molecule has 0 atom stereocenters. The van der Waals surface area contributed by atoms with Gasteiger partial charge in [0.2, 0.25) is 0 Å². The van der Waals surface area contributed by atoms with Crippen LogP contribution in [0.15, 0.2) is 18.2 Å². The van der Waals surface area contributed by atoms with Crippen molar-refractivity contribution >= 4 is 11.4 Å². The Kier molecular flexibility index (Phi) is 4.44. The van der Waals surface area contributed by atoms with E-state index in [2.05, 4.69) is 5.32 Å². The summed E-state index contributed by atoms with van der Waals surface area (Å²) in [6.45, 7) is 2.90. The Labute approximate surface area is 117 Å². The molecule has 1 saturated carbocycles. The van der Waals surface area contributed by atoms with Gasteiger partial charge < -0.3 is 15.2 Å². The number of nitrogens with zero attached hydrogens (tertiary/aromatic N) is 1. The molecular weight excluding hydrogens is 260 g/mol. The average Bonchev–Trinajstić information content (AvgIpc) is 2.40. The van der Waals surface area contributed by atoms with E-state index < -0.39 is 10.5 Å². The van der Waals surface area contributed by atoms with E-state index in [1.165, 1.54) is 12.1 Å². The SMILES string of the molecule is CCCOc1cc(NCC2(O)CCC2)cc([N+](=O)[O-])c1. The lowest BCUT2D eigenvalue weighted by atomic mass is 9.80. The van der Waals surface area contributed by atoms with Gasteiger partial charge in [0.25, 0.3) is 5.69 Å². The number of benzene rings is 1. The lowest BCUT2D eigenvalue weighted by Crippen LogP contribution is -2.43. The normalized spacial score (nSPS) is 16.3. The van der Waals surface area contributed by atoms with Crippen molar-refractivity contribution in [3.05, 3.63) is 28.3 Å². The maximum atomic E-state index is 10.9. The monoisotopic (exact) mass is 280 g/mol. The van der Waals surface area contributed by atoms with E-state index in [4.69, 9.17) is 4.74 Å². The second-order valence-corrected chi connectivity index (χ2v) is 5.25. The Balaban J connectivity index is 2.09. The van der Waals surface area contributed by atoms with Gasteiger partial charge in [0.05, 0.1) is 23.2 Å². The van der Waals surface area contributed by atoms with E-state index in [0.29, 0.717) is 24.6 Å². The predicted octanol–water partition coefficient (Wildman–Crippen LogP) is 2.71. The average molecular weight is 280 g/mol. The number of hydrogen-bond acceptors (Lipinski definition) is 5. The van der Waals surface area contributed by atoms with Crippen LogP contribution >= 0.6 is 0 Å². The van der Waals surface area contributed by atoms with Gasteiger partial charge in [-0.2, -0.15) is 0 Å². The number of aliphatic hydroxyl groups is 1. The molecule has 6 heteroatoms. The summed E-state index contributed by atoms with van der Waals surface area (Å²) in [5, 5.41) is 24.0. The Morgan fingerprint density at radius 3 is 2.75 bits per heavy atom. The first-order valence-electron chi connectivity index (χ1n) is 6.91. The number of anilines is 1. The quantitative estimate of drug-likeness (QED) is 0.592. The Hall–Kier alpha value is -1.82. The topological polar surface area (TPSA) is 84.6 Å². The maximum Gasteiger partial charge on any atom is 0.275 e. The largest absolute Gasteiger partial charge is 0.493 e. The second kappa shape index (κ2) is 6.09. The van der Waals surface area contributed by atoms with Crippen molar-refractivity contribution in [3.8, 4) is 5.75 Å². The van der Waals surface area contributed by atoms with Crippen molar-refractivity contribution in [1.82, 2.24) is 0 Å². The molecule has 0 amide bonds. The zero-order valence-corrected chi connectivity index (χ0v) is 11.6. The molecule has 0 heterocycles. The van der Waals surface area contributed by atoms with Gasteiger partial charge in [0.1, 0.15) is 5.75 Å². The number of rotatable bonds is 7. The summed E-state index contributed by atoms with van der Waals surface area (Å²) < 4.78 is 5.45. The van der Waals surface area contributed by atoms with Crippen molar-refractivity contribution < 1.29 is 14.8 Å². The van der Waals surface area contributed by atoms with Crippen LogP contribution in [0.2, 0.25) is 0 Å². The predicted molar refractivity (Wildman–Crippen MR) is 76.2 cm³/mol. The highest BCUT2D eigenvalue weighted by atomic mass is 16.6. The Bertz CT molecular complexity index is 486. The fourth-order valence-electron chi connectivity index (χ4n) is 2.12. The van der Waals surface area contributed by atoms with E-state index in [-0.39, 0.29) is 5.69 Å². The van der Waals surface area contributed by atoms with Gasteiger partial charge in [-0.25, -0.2) is 0 Å². The van der Waals surface area contributed by atoms with Gasteiger partial charge in [0.15, 0.2) is 0 Å². The first-order valence-corrected chi connectivity index (χ1v) is 6.91. The third-order valence-corrected chi connectivity index (χ3v) is 3.48. The molecule has 1 aromatic carbocycles. The second-order valence-electron chi connectivity index (χ2n) is 5.25. The molecule has 0 spiro atoms. The molecule has 0 radical (unpaired) electrons. The van der Waals surface area contributed by atoms with Crippen LogP contribution in [0.25, 0.3) is 0 Å². The fraction of sp³-hybridized carbons (Fsp3) is 0.571. The molecule has 1 aromatic rings. The molecule has 1 fully saturated rings. The summed E-state index contributed by atoms with van der Waals surface area (Å²) in [6, 6.07) is 4.60. The number of ether oxygens (including phenoxy) is 1. The van der Waals surface area contributed by atoms with E-state index in [0.717, 1.165) is 25.7 Å². The van der Waals surface area contributed by atoms with Crippen LogP contribution in [0, 0.1) is 10.1 Å². The summed E-state index contributed by atoms with van der Waals surface area (Å²) in [5.41, 5.74) is -0.0814. The molecule has 110 valence electrons. The summed E-state index contributed by atoms with van der Waals surface area (Å²) in [6.07, 6.45) is 3.41. The van der Waals surface area contributed by atoms with Gasteiger partial charge in [-0.15, -0.1) is 0 Å². The van der Waals surface area contributed by atoms with E-state index in [9.17, 15) is 15.2 Å². The molecule has 20 heavy (non-hydrogen) atoms. The van der Waals surface area contributed by atoms with E-state index in [1.54, 1.807) is 6.07 Å². The molecule has 0 bridgehead atoms. The minimum Gasteiger partial charge on any atom is -0.493 e. The van der Waals surface area contributed by atoms with Crippen LogP contribution in [-0.4, -0.2) is 28.8 Å². The van der Waals surface area contributed by atoms with Crippen molar-refractivity contribution in [2.45, 2.75) is 38.2 Å². The highest BCUT2D eigenvalue weighted by molar-refractivity contribution is 5.56. The number of nitro benzene ring substituents is 1. The van der Waals surface area contributed by atoms with Crippen molar-refractivity contribution in [2.75, 3.05) is 18.5 Å². The van der Waals surface area contributed by atoms with Crippen LogP contribution in [0.1, 0.15) is 32.6 Å². The highest BCUT2D eigenvalue weighted by Gasteiger charge is 2.34. The van der Waals surface area contributed by atoms with E-state index in [1.807, 2.05) is 6.92 Å². The Morgan fingerprint density at radius 1 is 1.45 bits per heavy atom.